The summed E-state index contributed by atoms with van der Waals surface area (Å²) in [6, 6.07) is 11.4. The molecule has 3 saturated heterocycles. The molecule has 1 amide bonds. The van der Waals surface area contributed by atoms with Gasteiger partial charge in [0, 0.05) is 39.3 Å². The molecular weight excluding hydrogens is 338 g/mol. The van der Waals surface area contributed by atoms with Crippen LogP contribution in [0.5, 0.6) is 0 Å². The first-order chi connectivity index (χ1) is 13.2. The largest absolute Gasteiger partial charge is 0.383 e. The normalized spacial score (nSPS) is 27.9. The highest BCUT2D eigenvalue weighted by molar-refractivity contribution is 5.85. The van der Waals surface area contributed by atoms with Gasteiger partial charge in [-0.05, 0) is 50.9 Å². The van der Waals surface area contributed by atoms with E-state index in [9.17, 15) is 4.79 Å². The molecule has 3 aliphatic rings. The summed E-state index contributed by atoms with van der Waals surface area (Å²) in [5, 5.41) is 0. The molecule has 3 heterocycles. The lowest BCUT2D eigenvalue weighted by molar-refractivity contribution is -0.136. The third-order valence-corrected chi connectivity index (χ3v) is 6.87. The molecule has 27 heavy (non-hydrogen) atoms. The van der Waals surface area contributed by atoms with Crippen LogP contribution in [0.2, 0.25) is 0 Å². The number of rotatable bonds is 6. The Bertz CT molecular complexity index is 630. The van der Waals surface area contributed by atoms with E-state index in [0.29, 0.717) is 18.6 Å². The van der Waals surface area contributed by atoms with Crippen molar-refractivity contribution in [2.24, 2.45) is 5.41 Å². The molecule has 4 rings (SSSR count). The van der Waals surface area contributed by atoms with Crippen molar-refractivity contribution in [1.29, 1.82) is 0 Å². The van der Waals surface area contributed by atoms with Crippen LogP contribution in [-0.2, 0) is 16.1 Å². The highest BCUT2D eigenvalue weighted by atomic mass is 16.5. The fourth-order valence-corrected chi connectivity index (χ4v) is 5.19. The van der Waals surface area contributed by atoms with E-state index in [1.165, 1.54) is 18.4 Å². The molecule has 0 saturated carbocycles. The molecule has 0 aliphatic carbocycles. The van der Waals surface area contributed by atoms with E-state index in [1.807, 2.05) is 4.90 Å². The first kappa shape index (κ1) is 18.9. The van der Waals surface area contributed by atoms with Gasteiger partial charge < -0.3 is 9.64 Å². The Hall–Kier alpha value is -1.43. The first-order valence-corrected chi connectivity index (χ1v) is 10.5. The molecule has 1 spiro atoms. The molecule has 0 aromatic heterocycles. The number of methoxy groups -OCH3 is 1. The molecule has 0 bridgehead atoms. The van der Waals surface area contributed by atoms with Gasteiger partial charge >= 0.3 is 0 Å². The molecule has 5 heteroatoms. The number of likely N-dealkylation sites (tertiary alicyclic amines) is 3. The van der Waals surface area contributed by atoms with Crippen molar-refractivity contribution >= 4 is 5.91 Å². The molecule has 3 fully saturated rings. The van der Waals surface area contributed by atoms with Gasteiger partial charge in [-0.3, -0.25) is 14.6 Å². The van der Waals surface area contributed by atoms with Gasteiger partial charge in [0.2, 0.25) is 5.91 Å². The average Bonchev–Trinajstić information content (AvgIpc) is 3.27. The molecule has 1 aromatic rings. The van der Waals surface area contributed by atoms with Crippen molar-refractivity contribution in [2.75, 3.05) is 53.0 Å². The van der Waals surface area contributed by atoms with Crippen molar-refractivity contribution in [3.05, 3.63) is 35.9 Å². The number of carbonyl (C=O) groups excluding carboxylic acids is 1. The zero-order valence-corrected chi connectivity index (χ0v) is 16.6. The van der Waals surface area contributed by atoms with Crippen molar-refractivity contribution in [1.82, 2.24) is 14.7 Å². The minimum Gasteiger partial charge on any atom is -0.383 e. The highest BCUT2D eigenvalue weighted by Gasteiger charge is 2.51. The molecule has 5 nitrogen and oxygen atoms in total. The fraction of sp³-hybridized carbons (Fsp3) is 0.682. The number of benzene rings is 1. The summed E-state index contributed by atoms with van der Waals surface area (Å²) >= 11 is 0. The van der Waals surface area contributed by atoms with Gasteiger partial charge in [0.05, 0.1) is 12.0 Å². The van der Waals surface area contributed by atoms with Crippen molar-refractivity contribution in [3.8, 4) is 0 Å². The Morgan fingerprint density at radius 3 is 2.56 bits per heavy atom. The van der Waals surface area contributed by atoms with Gasteiger partial charge in [0.15, 0.2) is 0 Å². The van der Waals surface area contributed by atoms with Crippen LogP contribution in [0.1, 0.15) is 31.2 Å². The Kier molecular flexibility index (Phi) is 5.81. The van der Waals surface area contributed by atoms with Gasteiger partial charge in [-0.2, -0.15) is 0 Å². The third kappa shape index (κ3) is 4.05. The van der Waals surface area contributed by atoms with E-state index in [0.717, 1.165) is 58.7 Å². The lowest BCUT2D eigenvalue weighted by Crippen LogP contribution is -2.45. The lowest BCUT2D eigenvalue weighted by atomic mass is 9.85. The number of amides is 1. The first-order valence-electron chi connectivity index (χ1n) is 10.5. The van der Waals surface area contributed by atoms with Crippen molar-refractivity contribution in [2.45, 2.75) is 38.3 Å². The minimum absolute atomic E-state index is 0.102. The van der Waals surface area contributed by atoms with Crippen LogP contribution in [0.15, 0.2) is 30.3 Å². The van der Waals surface area contributed by atoms with Crippen LogP contribution in [0.3, 0.4) is 0 Å². The second-order valence-electron chi connectivity index (χ2n) is 8.53. The van der Waals surface area contributed by atoms with E-state index >= 15 is 0 Å². The highest BCUT2D eigenvalue weighted by Crippen LogP contribution is 2.42. The number of nitrogens with zero attached hydrogens (tertiary/aromatic N) is 3. The summed E-state index contributed by atoms with van der Waals surface area (Å²) in [7, 11) is 1.71. The van der Waals surface area contributed by atoms with Gasteiger partial charge in [0.25, 0.3) is 0 Å². The van der Waals surface area contributed by atoms with Gasteiger partial charge in [-0.25, -0.2) is 0 Å². The Morgan fingerprint density at radius 1 is 1.07 bits per heavy atom. The van der Waals surface area contributed by atoms with E-state index in [1.54, 1.807) is 7.11 Å². The smallest absolute Gasteiger partial charge is 0.230 e. The lowest BCUT2D eigenvalue weighted by Gasteiger charge is -2.37. The zero-order chi connectivity index (χ0) is 18.7. The van der Waals surface area contributed by atoms with E-state index in [4.69, 9.17) is 4.74 Å². The van der Waals surface area contributed by atoms with Crippen LogP contribution >= 0.6 is 0 Å². The van der Waals surface area contributed by atoms with E-state index < -0.39 is 0 Å². The Labute approximate surface area is 163 Å². The number of piperidine rings is 1. The van der Waals surface area contributed by atoms with Crippen LogP contribution in [-0.4, -0.2) is 79.6 Å². The topological polar surface area (TPSA) is 36.0 Å². The summed E-state index contributed by atoms with van der Waals surface area (Å²) in [6.07, 6.45) is 4.52. The van der Waals surface area contributed by atoms with Gasteiger partial charge in [-0.15, -0.1) is 0 Å². The number of ether oxygens (including phenoxy) is 1. The molecule has 1 atom stereocenters. The molecular formula is C22H33N3O2. The average molecular weight is 372 g/mol. The summed E-state index contributed by atoms with van der Waals surface area (Å²) < 4.78 is 5.16. The molecule has 1 unspecified atom stereocenters. The number of hydrogen-bond acceptors (Lipinski definition) is 4. The Morgan fingerprint density at radius 2 is 1.81 bits per heavy atom. The second-order valence-corrected chi connectivity index (χ2v) is 8.53. The molecule has 0 radical (unpaired) electrons. The summed E-state index contributed by atoms with van der Waals surface area (Å²) in [5.41, 5.74) is 1.30. The minimum atomic E-state index is -0.102. The second kappa shape index (κ2) is 8.29. The van der Waals surface area contributed by atoms with Crippen LogP contribution in [0.25, 0.3) is 0 Å². The van der Waals surface area contributed by atoms with E-state index in [-0.39, 0.29) is 5.41 Å². The van der Waals surface area contributed by atoms with Gasteiger partial charge in [0.1, 0.15) is 0 Å². The summed E-state index contributed by atoms with van der Waals surface area (Å²) in [5.74, 6) is 0.378. The fourth-order valence-electron chi connectivity index (χ4n) is 5.19. The standard InChI is InChI=1S/C22H33N3O2/c1-27-16-15-24-13-9-22(21(24)26)10-14-25(18-22)20-7-11-23(12-8-20)17-19-5-3-2-4-6-19/h2-6,20H,7-18H2,1H3. The predicted octanol–water partition coefficient (Wildman–Crippen LogP) is 2.22. The van der Waals surface area contributed by atoms with E-state index in [2.05, 4.69) is 40.1 Å². The summed E-state index contributed by atoms with van der Waals surface area (Å²) in [4.78, 5) is 20.2. The van der Waals surface area contributed by atoms with Crippen molar-refractivity contribution < 1.29 is 9.53 Å². The van der Waals surface area contributed by atoms with Crippen LogP contribution < -0.4 is 0 Å². The molecule has 1 aromatic carbocycles. The third-order valence-electron chi connectivity index (χ3n) is 6.87. The number of hydrogen-bond donors (Lipinski definition) is 0. The molecule has 3 aliphatic heterocycles. The Balaban J connectivity index is 1.27. The molecule has 0 N–H and O–H groups in total. The van der Waals surface area contributed by atoms with Crippen LogP contribution in [0.4, 0.5) is 0 Å². The summed E-state index contributed by atoms with van der Waals surface area (Å²) in [6.45, 7) is 7.75. The SMILES string of the molecule is COCCN1CCC2(CCN(C3CCN(Cc4ccccc4)CC3)C2)C1=O. The molecule has 148 valence electrons. The monoisotopic (exact) mass is 371 g/mol. The van der Waals surface area contributed by atoms with Crippen LogP contribution in [0, 0.1) is 5.41 Å². The maximum absolute atomic E-state index is 13.0. The predicted molar refractivity (Wildman–Crippen MR) is 106 cm³/mol. The maximum Gasteiger partial charge on any atom is 0.230 e. The number of carbonyl (C=O) groups is 1. The maximum atomic E-state index is 13.0. The quantitative estimate of drug-likeness (QED) is 0.768. The van der Waals surface area contributed by atoms with Crippen molar-refractivity contribution in [3.63, 3.8) is 0 Å². The van der Waals surface area contributed by atoms with Gasteiger partial charge in [-0.1, -0.05) is 30.3 Å². The zero-order valence-electron chi connectivity index (χ0n) is 16.6.